The quantitative estimate of drug-likeness (QED) is 0.862. The molecule has 1 atom stereocenters. The van der Waals surface area contributed by atoms with E-state index in [0.717, 1.165) is 6.42 Å². The summed E-state index contributed by atoms with van der Waals surface area (Å²) in [7, 11) is -3.53. The molecular formula is C17H19NO5S. The third-order valence-electron chi connectivity index (χ3n) is 3.98. The maximum absolute atomic E-state index is 12.5. The Morgan fingerprint density at radius 1 is 1.21 bits per heavy atom. The van der Waals surface area contributed by atoms with Crippen molar-refractivity contribution in [1.29, 1.82) is 0 Å². The van der Waals surface area contributed by atoms with Gasteiger partial charge in [-0.1, -0.05) is 18.2 Å². The summed E-state index contributed by atoms with van der Waals surface area (Å²) in [5, 5.41) is 2.79. The molecule has 3 rings (SSSR count). The molecule has 128 valence electrons. The van der Waals surface area contributed by atoms with Crippen molar-refractivity contribution in [2.45, 2.75) is 17.1 Å². The highest BCUT2D eigenvalue weighted by Crippen LogP contribution is 2.20. The summed E-state index contributed by atoms with van der Waals surface area (Å²) in [6.45, 7) is 1.83. The zero-order valence-corrected chi connectivity index (χ0v) is 13.9. The molecule has 0 bridgehead atoms. The van der Waals surface area contributed by atoms with Crippen molar-refractivity contribution < 1.29 is 22.4 Å². The summed E-state index contributed by atoms with van der Waals surface area (Å²) in [5.41, 5.74) is 0.360. The van der Waals surface area contributed by atoms with Gasteiger partial charge in [-0.15, -0.1) is 0 Å². The molecule has 1 aliphatic rings. The third kappa shape index (κ3) is 3.85. The Labute approximate surface area is 140 Å². The highest BCUT2D eigenvalue weighted by atomic mass is 32.2. The second kappa shape index (κ2) is 7.19. The first-order valence-electron chi connectivity index (χ1n) is 7.76. The van der Waals surface area contributed by atoms with Crippen LogP contribution in [0.15, 0.2) is 52.0 Å². The maximum Gasteiger partial charge on any atom is 0.287 e. The summed E-state index contributed by atoms with van der Waals surface area (Å²) in [6, 6.07) is 9.68. The molecule has 0 spiro atoms. The van der Waals surface area contributed by atoms with Crippen LogP contribution >= 0.6 is 0 Å². The van der Waals surface area contributed by atoms with Gasteiger partial charge in [-0.05, 0) is 24.6 Å². The Balaban J connectivity index is 1.69. The Kier molecular flexibility index (Phi) is 5.01. The van der Waals surface area contributed by atoms with Gasteiger partial charge in [0.2, 0.25) is 0 Å². The number of carbonyl (C=O) groups excluding carboxylic acids is 1. The van der Waals surface area contributed by atoms with Crippen molar-refractivity contribution in [1.82, 2.24) is 5.32 Å². The van der Waals surface area contributed by atoms with E-state index in [1.807, 2.05) is 0 Å². The zero-order chi connectivity index (χ0) is 17.0. The van der Waals surface area contributed by atoms with E-state index in [0.29, 0.717) is 31.2 Å². The van der Waals surface area contributed by atoms with Crippen LogP contribution in [0.4, 0.5) is 0 Å². The van der Waals surface area contributed by atoms with Crippen LogP contribution in [-0.2, 0) is 20.3 Å². The van der Waals surface area contributed by atoms with Crippen LogP contribution in [0.5, 0.6) is 0 Å². The van der Waals surface area contributed by atoms with E-state index in [1.165, 1.54) is 24.5 Å². The Morgan fingerprint density at radius 3 is 2.71 bits per heavy atom. The average Bonchev–Trinajstić information content (AvgIpc) is 3.25. The van der Waals surface area contributed by atoms with Crippen LogP contribution in [0.1, 0.15) is 22.5 Å². The van der Waals surface area contributed by atoms with Crippen molar-refractivity contribution in [2.75, 3.05) is 19.8 Å². The van der Waals surface area contributed by atoms with Gasteiger partial charge in [-0.3, -0.25) is 4.79 Å². The summed E-state index contributed by atoms with van der Waals surface area (Å²) in [6.07, 6.45) is 2.25. The fraction of sp³-hybridized carbons (Fsp3) is 0.353. The minimum absolute atomic E-state index is 0.0495. The van der Waals surface area contributed by atoms with Crippen molar-refractivity contribution in [3.05, 3.63) is 54.0 Å². The molecule has 24 heavy (non-hydrogen) atoms. The summed E-state index contributed by atoms with van der Waals surface area (Å²) in [5.74, 6) is -0.331. The van der Waals surface area contributed by atoms with Gasteiger partial charge in [0.15, 0.2) is 15.6 Å². The minimum Gasteiger partial charge on any atom is -0.459 e. The third-order valence-corrected chi connectivity index (χ3v) is 5.66. The number of hydrogen-bond donors (Lipinski definition) is 1. The van der Waals surface area contributed by atoms with Gasteiger partial charge >= 0.3 is 0 Å². The second-order valence-corrected chi connectivity index (χ2v) is 7.78. The smallest absolute Gasteiger partial charge is 0.287 e. The Hall–Kier alpha value is -2.12. The molecule has 0 unspecified atom stereocenters. The molecule has 1 amide bonds. The molecule has 6 nitrogen and oxygen atoms in total. The van der Waals surface area contributed by atoms with Crippen LogP contribution in [0.2, 0.25) is 0 Å². The fourth-order valence-electron chi connectivity index (χ4n) is 2.63. The second-order valence-electron chi connectivity index (χ2n) is 5.79. The van der Waals surface area contributed by atoms with E-state index < -0.39 is 15.7 Å². The normalized spacial score (nSPS) is 17.8. The first kappa shape index (κ1) is 16.7. The molecule has 1 aromatic carbocycles. The number of sulfone groups is 1. The van der Waals surface area contributed by atoms with Crippen LogP contribution < -0.4 is 5.32 Å². The lowest BCUT2D eigenvalue weighted by molar-refractivity contribution is 0.0916. The van der Waals surface area contributed by atoms with E-state index in [4.69, 9.17) is 9.15 Å². The predicted octanol–water partition coefficient (Wildman–Crippen LogP) is 2.02. The Bertz CT molecular complexity index is 791. The number of benzene rings is 1. The van der Waals surface area contributed by atoms with Gasteiger partial charge in [0.25, 0.3) is 5.91 Å². The molecule has 7 heteroatoms. The number of ether oxygens (including phenoxy) is 1. The number of nitrogens with one attached hydrogen (secondary N) is 1. The molecule has 2 heterocycles. The average molecular weight is 349 g/mol. The fourth-order valence-corrected chi connectivity index (χ4v) is 4.00. The van der Waals surface area contributed by atoms with E-state index in [-0.39, 0.29) is 16.4 Å². The molecule has 0 saturated carbocycles. The van der Waals surface area contributed by atoms with Gasteiger partial charge in [0, 0.05) is 24.6 Å². The van der Waals surface area contributed by atoms with Gasteiger partial charge in [0.05, 0.1) is 23.5 Å². The topological polar surface area (TPSA) is 85.6 Å². The number of rotatable bonds is 6. The SMILES string of the molecule is O=C(NC[C@@H]1CCOC1)c1occc1CS(=O)(=O)c1ccccc1. The highest BCUT2D eigenvalue weighted by Gasteiger charge is 2.23. The van der Waals surface area contributed by atoms with E-state index in [9.17, 15) is 13.2 Å². The van der Waals surface area contributed by atoms with Crippen molar-refractivity contribution in [2.24, 2.45) is 5.92 Å². The monoisotopic (exact) mass is 349 g/mol. The molecule has 1 saturated heterocycles. The first-order chi connectivity index (χ1) is 11.6. The number of furan rings is 1. The standard InChI is InChI=1S/C17H19NO5S/c19-17(18-10-13-6-8-22-11-13)16-14(7-9-23-16)12-24(20,21)15-4-2-1-3-5-15/h1-5,7,9,13H,6,8,10-12H2,(H,18,19)/t13-/m0/s1. The molecule has 0 radical (unpaired) electrons. The van der Waals surface area contributed by atoms with Gasteiger partial charge < -0.3 is 14.5 Å². The highest BCUT2D eigenvalue weighted by molar-refractivity contribution is 7.90. The number of amides is 1. The molecule has 0 aliphatic carbocycles. The van der Waals surface area contributed by atoms with E-state index >= 15 is 0 Å². The van der Waals surface area contributed by atoms with Crippen LogP contribution in [0.25, 0.3) is 0 Å². The molecule has 1 N–H and O–H groups in total. The van der Waals surface area contributed by atoms with Gasteiger partial charge in [0.1, 0.15) is 0 Å². The largest absolute Gasteiger partial charge is 0.459 e. The predicted molar refractivity (Wildman–Crippen MR) is 87.3 cm³/mol. The summed E-state index contributed by atoms with van der Waals surface area (Å²) >= 11 is 0. The lowest BCUT2D eigenvalue weighted by Gasteiger charge is -2.09. The molecule has 1 aromatic heterocycles. The molecular weight excluding hydrogens is 330 g/mol. The first-order valence-corrected chi connectivity index (χ1v) is 9.41. The summed E-state index contributed by atoms with van der Waals surface area (Å²) < 4.78 is 35.4. The van der Waals surface area contributed by atoms with E-state index in [1.54, 1.807) is 18.2 Å². The molecule has 1 aliphatic heterocycles. The van der Waals surface area contributed by atoms with Crippen LogP contribution in [0.3, 0.4) is 0 Å². The maximum atomic E-state index is 12.5. The van der Waals surface area contributed by atoms with Gasteiger partial charge in [-0.25, -0.2) is 8.42 Å². The Morgan fingerprint density at radius 2 is 2.00 bits per heavy atom. The number of carbonyl (C=O) groups is 1. The van der Waals surface area contributed by atoms with Crippen molar-refractivity contribution >= 4 is 15.7 Å². The lowest BCUT2D eigenvalue weighted by atomic mass is 10.1. The van der Waals surface area contributed by atoms with Crippen molar-refractivity contribution in [3.8, 4) is 0 Å². The number of hydrogen-bond acceptors (Lipinski definition) is 5. The van der Waals surface area contributed by atoms with Crippen LogP contribution in [0, 0.1) is 5.92 Å². The molecule has 2 aromatic rings. The van der Waals surface area contributed by atoms with E-state index in [2.05, 4.69) is 5.32 Å². The van der Waals surface area contributed by atoms with Crippen LogP contribution in [-0.4, -0.2) is 34.1 Å². The van der Waals surface area contributed by atoms with Crippen molar-refractivity contribution in [3.63, 3.8) is 0 Å². The summed E-state index contributed by atoms with van der Waals surface area (Å²) in [4.78, 5) is 12.5. The van der Waals surface area contributed by atoms with Gasteiger partial charge in [-0.2, -0.15) is 0 Å². The lowest BCUT2D eigenvalue weighted by Crippen LogP contribution is -2.30. The molecule has 1 fully saturated rings. The zero-order valence-electron chi connectivity index (χ0n) is 13.1. The minimum atomic E-state index is -3.53.